The molecule has 0 unspecified atom stereocenters. The number of aryl methyl sites for hydroxylation is 2. The van der Waals surface area contributed by atoms with Gasteiger partial charge in [-0.1, -0.05) is 12.1 Å². The Hall–Kier alpha value is -3.86. The maximum atomic E-state index is 12.6. The summed E-state index contributed by atoms with van der Waals surface area (Å²) in [4.78, 5) is 24.0. The summed E-state index contributed by atoms with van der Waals surface area (Å²) < 4.78 is 11.6. The Labute approximate surface area is 179 Å². The molecule has 2 aliphatic rings. The number of carbonyl (C=O) groups is 1. The quantitative estimate of drug-likeness (QED) is 0.339. The Morgan fingerprint density at radius 2 is 1.87 bits per heavy atom. The van der Waals surface area contributed by atoms with Gasteiger partial charge >= 0.3 is 5.97 Å². The monoisotopic (exact) mass is 414 g/mol. The van der Waals surface area contributed by atoms with Crippen LogP contribution in [-0.2, 0) is 6.42 Å². The molecule has 5 heteroatoms. The van der Waals surface area contributed by atoms with E-state index >= 15 is 0 Å². The molecule has 31 heavy (non-hydrogen) atoms. The third kappa shape index (κ3) is 3.48. The van der Waals surface area contributed by atoms with E-state index in [4.69, 9.17) is 9.15 Å². The Balaban J connectivity index is 2.17. The summed E-state index contributed by atoms with van der Waals surface area (Å²) in [6.07, 6.45) is 2.15. The van der Waals surface area contributed by atoms with Crippen LogP contribution in [0.15, 0.2) is 64.3 Å². The van der Waals surface area contributed by atoms with Gasteiger partial charge in [0.25, 0.3) is 0 Å². The Morgan fingerprint density at radius 3 is 2.52 bits per heavy atom. The summed E-state index contributed by atoms with van der Waals surface area (Å²) in [5.41, 5.74) is 5.65. The molecule has 2 aromatic carbocycles. The normalized spacial score (nSPS) is 11.1. The highest BCUT2D eigenvalue weighted by Crippen LogP contribution is 2.43. The van der Waals surface area contributed by atoms with Crippen molar-refractivity contribution >= 4 is 16.9 Å². The highest BCUT2D eigenvalue weighted by Gasteiger charge is 2.21. The van der Waals surface area contributed by atoms with E-state index < -0.39 is 5.97 Å². The molecular formula is C26H22O5. The number of ether oxygens (including phenoxy) is 1. The molecule has 0 radical (unpaired) electrons. The van der Waals surface area contributed by atoms with Crippen molar-refractivity contribution in [2.24, 2.45) is 0 Å². The van der Waals surface area contributed by atoms with Crippen molar-refractivity contribution < 1.29 is 19.1 Å². The maximum absolute atomic E-state index is 12.6. The number of hydrogen-bond acceptors (Lipinski definition) is 4. The van der Waals surface area contributed by atoms with Gasteiger partial charge in [-0.25, -0.2) is 4.79 Å². The first-order chi connectivity index (χ1) is 14.8. The van der Waals surface area contributed by atoms with Crippen molar-refractivity contribution in [3.05, 3.63) is 87.6 Å². The van der Waals surface area contributed by atoms with Gasteiger partial charge in [0.2, 0.25) is 0 Å². The maximum Gasteiger partial charge on any atom is 0.335 e. The number of aromatic carboxylic acids is 1. The van der Waals surface area contributed by atoms with Crippen LogP contribution < -0.4 is 10.2 Å². The van der Waals surface area contributed by atoms with Crippen molar-refractivity contribution in [2.75, 3.05) is 7.11 Å². The number of methoxy groups -OCH3 is 1. The molecule has 1 aliphatic carbocycles. The van der Waals surface area contributed by atoms with Gasteiger partial charge in [0.1, 0.15) is 17.1 Å². The molecule has 0 bridgehead atoms. The third-order valence-electron chi connectivity index (χ3n) is 5.53. The predicted molar refractivity (Wildman–Crippen MR) is 121 cm³/mol. The molecule has 0 fully saturated rings. The summed E-state index contributed by atoms with van der Waals surface area (Å²) in [5, 5.41) is 10.2. The summed E-state index contributed by atoms with van der Waals surface area (Å²) >= 11 is 0. The number of hydrogen-bond donors (Lipinski definition) is 1. The molecule has 4 rings (SSSR count). The molecule has 0 spiro atoms. The lowest BCUT2D eigenvalue weighted by Crippen LogP contribution is -2.09. The number of rotatable bonds is 5. The van der Waals surface area contributed by atoms with Crippen LogP contribution in [0.4, 0.5) is 0 Å². The van der Waals surface area contributed by atoms with Gasteiger partial charge in [-0.05, 0) is 61.2 Å². The summed E-state index contributed by atoms with van der Waals surface area (Å²) in [7, 11) is 1.60. The van der Waals surface area contributed by atoms with Gasteiger partial charge in [0.15, 0.2) is 5.43 Å². The van der Waals surface area contributed by atoms with E-state index in [2.05, 4.69) is 6.58 Å². The van der Waals surface area contributed by atoms with Crippen LogP contribution in [-0.4, -0.2) is 18.2 Å². The smallest absolute Gasteiger partial charge is 0.335 e. The number of allylic oxidation sites excluding steroid dienone is 1. The van der Waals surface area contributed by atoms with Gasteiger partial charge in [-0.2, -0.15) is 0 Å². The van der Waals surface area contributed by atoms with Crippen molar-refractivity contribution in [3.63, 3.8) is 0 Å². The van der Waals surface area contributed by atoms with E-state index in [-0.39, 0.29) is 11.0 Å². The molecular weight excluding hydrogens is 392 g/mol. The fourth-order valence-corrected chi connectivity index (χ4v) is 4.00. The van der Waals surface area contributed by atoms with Gasteiger partial charge < -0.3 is 14.3 Å². The summed E-state index contributed by atoms with van der Waals surface area (Å²) in [5.74, 6) is 0.176. The topological polar surface area (TPSA) is 76.7 Å². The zero-order valence-corrected chi connectivity index (χ0v) is 17.6. The third-order valence-corrected chi connectivity index (χ3v) is 5.53. The van der Waals surface area contributed by atoms with E-state index in [0.717, 1.165) is 33.2 Å². The van der Waals surface area contributed by atoms with E-state index in [1.807, 2.05) is 38.1 Å². The second kappa shape index (κ2) is 7.76. The zero-order chi connectivity index (χ0) is 22.3. The van der Waals surface area contributed by atoms with E-state index in [0.29, 0.717) is 29.1 Å². The first-order valence-corrected chi connectivity index (χ1v) is 9.87. The van der Waals surface area contributed by atoms with Crippen LogP contribution in [0.3, 0.4) is 0 Å². The second-order valence-corrected chi connectivity index (χ2v) is 7.58. The minimum absolute atomic E-state index is 0.113. The molecule has 5 nitrogen and oxygen atoms in total. The minimum Gasteiger partial charge on any atom is -0.496 e. The number of carboxylic acids is 1. The van der Waals surface area contributed by atoms with Crippen LogP contribution in [0.1, 0.15) is 27.0 Å². The Morgan fingerprint density at radius 1 is 1.10 bits per heavy atom. The van der Waals surface area contributed by atoms with Crippen LogP contribution in [0.25, 0.3) is 33.4 Å². The molecule has 0 saturated heterocycles. The fraction of sp³-hybridized carbons (Fsp3) is 0.154. The van der Waals surface area contributed by atoms with Crippen LogP contribution in [0, 0.1) is 13.8 Å². The molecule has 156 valence electrons. The van der Waals surface area contributed by atoms with Gasteiger partial charge in [-0.3, -0.25) is 4.79 Å². The Bertz CT molecular complexity index is 1380. The lowest BCUT2D eigenvalue weighted by molar-refractivity contribution is 0.0697. The summed E-state index contributed by atoms with van der Waals surface area (Å²) in [6.45, 7) is 7.58. The highest BCUT2D eigenvalue weighted by molar-refractivity contribution is 6.03. The SMILES string of the molecule is C=CCc1cc2c(-c3ccc(C(=O)O)cc3C)c3cc(C)c(OC)cc3oc-2cc1=O. The summed E-state index contributed by atoms with van der Waals surface area (Å²) in [6, 6.07) is 12.2. The first-order valence-electron chi connectivity index (χ1n) is 9.87. The molecule has 0 atom stereocenters. The highest BCUT2D eigenvalue weighted by atomic mass is 16.5. The molecule has 1 aliphatic heterocycles. The molecule has 1 N–H and O–H groups in total. The average molecular weight is 414 g/mol. The van der Waals surface area contributed by atoms with Crippen molar-refractivity contribution in [2.45, 2.75) is 20.3 Å². The second-order valence-electron chi connectivity index (χ2n) is 7.58. The zero-order valence-electron chi connectivity index (χ0n) is 17.6. The first kappa shape index (κ1) is 20.4. The van der Waals surface area contributed by atoms with Gasteiger partial charge in [0, 0.05) is 34.2 Å². The van der Waals surface area contributed by atoms with Crippen LogP contribution in [0.2, 0.25) is 0 Å². The lowest BCUT2D eigenvalue weighted by atomic mass is 9.88. The Kier molecular flexibility index (Phi) is 5.11. The van der Waals surface area contributed by atoms with E-state index in [1.54, 1.807) is 25.3 Å². The fourth-order valence-electron chi connectivity index (χ4n) is 4.00. The van der Waals surface area contributed by atoms with Gasteiger partial charge in [-0.15, -0.1) is 6.58 Å². The van der Waals surface area contributed by atoms with Crippen LogP contribution in [0.5, 0.6) is 5.75 Å². The lowest BCUT2D eigenvalue weighted by Gasteiger charge is -2.19. The van der Waals surface area contributed by atoms with Crippen molar-refractivity contribution in [1.29, 1.82) is 0 Å². The van der Waals surface area contributed by atoms with Crippen molar-refractivity contribution in [1.82, 2.24) is 0 Å². The van der Waals surface area contributed by atoms with Crippen LogP contribution >= 0.6 is 0 Å². The molecule has 0 aromatic heterocycles. The number of benzene rings is 3. The van der Waals surface area contributed by atoms with E-state index in [1.165, 1.54) is 6.07 Å². The van der Waals surface area contributed by atoms with Crippen molar-refractivity contribution in [3.8, 4) is 28.2 Å². The largest absolute Gasteiger partial charge is 0.496 e. The molecule has 0 amide bonds. The molecule has 2 aromatic rings. The molecule has 1 heterocycles. The standard InChI is InChI=1S/C26H22O5/c1-5-6-16-11-20-23(12-21(16)27)31-24-13-22(30-4)15(3)10-19(24)25(20)18-8-7-17(26(28)29)9-14(18)2/h5,7-13H,1,6H2,2-4H3,(H,28,29). The molecule has 0 saturated carbocycles. The number of carboxylic acid groups (broad SMARTS) is 1. The van der Waals surface area contributed by atoms with Gasteiger partial charge in [0.05, 0.1) is 12.7 Å². The minimum atomic E-state index is -0.975. The predicted octanol–water partition coefficient (Wildman–Crippen LogP) is 5.62. The number of fused-ring (bicyclic) bond motifs is 2. The van der Waals surface area contributed by atoms with E-state index in [9.17, 15) is 14.7 Å². The average Bonchev–Trinajstić information content (AvgIpc) is 2.73.